The zero-order valence-corrected chi connectivity index (χ0v) is 15.0. The van der Waals surface area contributed by atoms with Gasteiger partial charge in [0, 0.05) is 12.1 Å². The number of imide groups is 1. The smallest absolute Gasteiger partial charge is 0.325 e. The van der Waals surface area contributed by atoms with E-state index in [9.17, 15) is 14.4 Å². The average Bonchev–Trinajstić information content (AvgIpc) is 2.80. The predicted octanol–water partition coefficient (Wildman–Crippen LogP) is 1.12. The molecule has 1 saturated carbocycles. The highest BCUT2D eigenvalue weighted by Crippen LogP contribution is 2.38. The minimum absolute atomic E-state index is 0.0904. The second kappa shape index (κ2) is 7.09. The summed E-state index contributed by atoms with van der Waals surface area (Å²) in [5, 5.41) is 5.61. The van der Waals surface area contributed by atoms with E-state index in [1.165, 1.54) is 0 Å². The highest BCUT2D eigenvalue weighted by atomic mass is 16.2. The van der Waals surface area contributed by atoms with Gasteiger partial charge < -0.3 is 16.4 Å². The summed E-state index contributed by atoms with van der Waals surface area (Å²) in [7, 11) is 0. The summed E-state index contributed by atoms with van der Waals surface area (Å²) in [4.78, 5) is 38.3. The Hall–Kier alpha value is -1.63. The van der Waals surface area contributed by atoms with Crippen molar-refractivity contribution in [1.29, 1.82) is 0 Å². The van der Waals surface area contributed by atoms with Gasteiger partial charge in [-0.05, 0) is 31.6 Å². The number of hydrogen-bond acceptors (Lipinski definition) is 4. The van der Waals surface area contributed by atoms with Crippen LogP contribution < -0.4 is 16.4 Å². The van der Waals surface area contributed by atoms with Gasteiger partial charge in [-0.1, -0.05) is 33.6 Å². The van der Waals surface area contributed by atoms with Gasteiger partial charge in [0.15, 0.2) is 0 Å². The molecule has 7 nitrogen and oxygen atoms in total. The van der Waals surface area contributed by atoms with Crippen LogP contribution in [0.4, 0.5) is 4.79 Å². The fourth-order valence-corrected chi connectivity index (χ4v) is 3.61. The number of rotatable bonds is 6. The quantitative estimate of drug-likeness (QED) is 0.631. The van der Waals surface area contributed by atoms with Gasteiger partial charge in [0.1, 0.15) is 12.1 Å². The minimum atomic E-state index is -0.819. The summed E-state index contributed by atoms with van der Waals surface area (Å²) in [6.07, 6.45) is 5.03. The highest BCUT2D eigenvalue weighted by molar-refractivity contribution is 6.09. The van der Waals surface area contributed by atoms with Gasteiger partial charge >= 0.3 is 6.03 Å². The van der Waals surface area contributed by atoms with Crippen molar-refractivity contribution >= 4 is 17.8 Å². The van der Waals surface area contributed by atoms with Gasteiger partial charge in [-0.3, -0.25) is 14.5 Å². The molecular weight excluding hydrogens is 308 g/mol. The first-order valence-corrected chi connectivity index (χ1v) is 8.97. The third-order valence-corrected chi connectivity index (χ3v) is 5.85. The highest BCUT2D eigenvalue weighted by Gasteiger charge is 2.55. The first-order valence-electron chi connectivity index (χ1n) is 8.97. The zero-order valence-electron chi connectivity index (χ0n) is 15.0. The molecule has 0 aromatic rings. The lowest BCUT2D eigenvalue weighted by molar-refractivity contribution is -0.137. The molecule has 1 saturated heterocycles. The van der Waals surface area contributed by atoms with Crippen LogP contribution in [0.25, 0.3) is 0 Å². The lowest BCUT2D eigenvalue weighted by atomic mass is 9.73. The van der Waals surface area contributed by atoms with Gasteiger partial charge in [-0.25, -0.2) is 4.79 Å². The van der Waals surface area contributed by atoms with Crippen molar-refractivity contribution in [3.05, 3.63) is 0 Å². The number of urea groups is 1. The molecule has 2 rings (SSSR count). The molecule has 2 fully saturated rings. The van der Waals surface area contributed by atoms with E-state index in [1.54, 1.807) is 0 Å². The molecule has 24 heavy (non-hydrogen) atoms. The molecule has 1 aliphatic heterocycles. The van der Waals surface area contributed by atoms with E-state index in [4.69, 9.17) is 5.73 Å². The van der Waals surface area contributed by atoms with Crippen LogP contribution in [0.3, 0.4) is 0 Å². The standard InChI is InChI=1S/C17H30N4O3/c1-4-16(18,5-2)11-19-13(22)10-21-14(23)17(20-15(21)24)9-7-6-8-12(17)3/h12H,4-11,18H2,1-3H3,(H,19,22)(H,20,24). The topological polar surface area (TPSA) is 105 Å². The third-order valence-electron chi connectivity index (χ3n) is 5.85. The number of nitrogens with two attached hydrogens (primary N) is 1. The monoisotopic (exact) mass is 338 g/mol. The number of hydrogen-bond donors (Lipinski definition) is 3. The van der Waals surface area contributed by atoms with Crippen LogP contribution in [0.5, 0.6) is 0 Å². The van der Waals surface area contributed by atoms with Crippen LogP contribution in [0, 0.1) is 5.92 Å². The molecule has 2 aliphatic rings. The fourth-order valence-electron chi connectivity index (χ4n) is 3.61. The molecular formula is C17H30N4O3. The second-order valence-electron chi connectivity index (χ2n) is 7.29. The average molecular weight is 338 g/mol. The first kappa shape index (κ1) is 18.7. The lowest BCUT2D eigenvalue weighted by Crippen LogP contribution is -2.54. The summed E-state index contributed by atoms with van der Waals surface area (Å²) in [6, 6.07) is -0.464. The Bertz CT molecular complexity index is 518. The Morgan fingerprint density at radius 3 is 2.62 bits per heavy atom. The summed E-state index contributed by atoms with van der Waals surface area (Å²) < 4.78 is 0. The molecule has 4 N–H and O–H groups in total. The van der Waals surface area contributed by atoms with Crippen LogP contribution in [-0.4, -0.2) is 46.9 Å². The Morgan fingerprint density at radius 2 is 2.04 bits per heavy atom. The van der Waals surface area contributed by atoms with E-state index >= 15 is 0 Å². The number of carbonyl (C=O) groups is 3. The summed E-state index contributed by atoms with van der Waals surface area (Å²) >= 11 is 0. The molecule has 1 spiro atoms. The van der Waals surface area contributed by atoms with Gasteiger partial charge in [0.25, 0.3) is 5.91 Å². The SMILES string of the molecule is CCC(N)(CC)CNC(=O)CN1C(=O)NC2(CCCCC2C)C1=O. The van der Waals surface area contributed by atoms with Gasteiger partial charge in [-0.2, -0.15) is 0 Å². The van der Waals surface area contributed by atoms with E-state index in [0.29, 0.717) is 13.0 Å². The summed E-state index contributed by atoms with van der Waals surface area (Å²) in [5.41, 5.74) is 4.89. The van der Waals surface area contributed by atoms with E-state index in [1.807, 2.05) is 20.8 Å². The van der Waals surface area contributed by atoms with Crippen molar-refractivity contribution in [2.75, 3.05) is 13.1 Å². The zero-order chi connectivity index (χ0) is 18.0. The molecule has 1 heterocycles. The second-order valence-corrected chi connectivity index (χ2v) is 7.29. The van der Waals surface area contributed by atoms with Crippen molar-refractivity contribution < 1.29 is 14.4 Å². The van der Waals surface area contributed by atoms with Gasteiger partial charge in [0.05, 0.1) is 0 Å². The Kier molecular flexibility index (Phi) is 5.52. The predicted molar refractivity (Wildman–Crippen MR) is 91.1 cm³/mol. The number of carbonyl (C=O) groups excluding carboxylic acids is 3. The summed E-state index contributed by atoms with van der Waals surface area (Å²) in [6.45, 7) is 6.03. The van der Waals surface area contributed by atoms with Crippen molar-refractivity contribution in [2.24, 2.45) is 11.7 Å². The van der Waals surface area contributed by atoms with Crippen molar-refractivity contribution in [2.45, 2.75) is 70.4 Å². The Morgan fingerprint density at radius 1 is 1.38 bits per heavy atom. The Balaban J connectivity index is 1.98. The van der Waals surface area contributed by atoms with Crippen LogP contribution in [0.2, 0.25) is 0 Å². The molecule has 0 aromatic carbocycles. The molecule has 1 aliphatic carbocycles. The molecule has 0 radical (unpaired) electrons. The van der Waals surface area contributed by atoms with Crippen molar-refractivity contribution in [3.63, 3.8) is 0 Å². The Labute approximate surface area is 143 Å². The fraction of sp³-hybridized carbons (Fsp3) is 0.824. The van der Waals surface area contributed by atoms with E-state index in [2.05, 4.69) is 10.6 Å². The molecule has 0 bridgehead atoms. The van der Waals surface area contributed by atoms with Crippen LogP contribution >= 0.6 is 0 Å². The summed E-state index contributed by atoms with van der Waals surface area (Å²) in [5.74, 6) is -0.525. The number of nitrogens with zero attached hydrogens (tertiary/aromatic N) is 1. The van der Waals surface area contributed by atoms with Crippen molar-refractivity contribution in [1.82, 2.24) is 15.5 Å². The maximum Gasteiger partial charge on any atom is 0.325 e. The van der Waals surface area contributed by atoms with Gasteiger partial charge in [-0.15, -0.1) is 0 Å². The van der Waals surface area contributed by atoms with E-state index in [0.717, 1.165) is 37.0 Å². The molecule has 2 unspecified atom stereocenters. The largest absolute Gasteiger partial charge is 0.353 e. The molecule has 7 heteroatoms. The molecule has 2 atom stereocenters. The molecule has 136 valence electrons. The maximum atomic E-state index is 12.8. The minimum Gasteiger partial charge on any atom is -0.353 e. The third kappa shape index (κ3) is 3.41. The molecule has 0 aromatic heterocycles. The number of nitrogens with one attached hydrogen (secondary N) is 2. The van der Waals surface area contributed by atoms with E-state index in [-0.39, 0.29) is 24.3 Å². The maximum absolute atomic E-state index is 12.8. The number of amides is 4. The normalized spacial score (nSPS) is 27.5. The van der Waals surface area contributed by atoms with Crippen LogP contribution in [0.1, 0.15) is 59.3 Å². The van der Waals surface area contributed by atoms with E-state index < -0.39 is 17.1 Å². The van der Waals surface area contributed by atoms with Crippen molar-refractivity contribution in [3.8, 4) is 0 Å². The van der Waals surface area contributed by atoms with Crippen LogP contribution in [-0.2, 0) is 9.59 Å². The lowest BCUT2D eigenvalue weighted by Gasteiger charge is -2.36. The first-order chi connectivity index (χ1) is 11.3. The van der Waals surface area contributed by atoms with Crippen LogP contribution in [0.15, 0.2) is 0 Å². The van der Waals surface area contributed by atoms with Gasteiger partial charge in [0.2, 0.25) is 5.91 Å². The molecule has 4 amide bonds.